The summed E-state index contributed by atoms with van der Waals surface area (Å²) in [7, 11) is -4.28. The molecule has 12 nitrogen and oxygen atoms in total. The van der Waals surface area contributed by atoms with Crippen LogP contribution in [0.2, 0.25) is 0 Å². The molecule has 1 aliphatic heterocycles. The molecular formula is C18H37N2O10P2+. The number of aromatic nitrogens is 2. The fourth-order valence-corrected chi connectivity index (χ4v) is 3.03. The van der Waals surface area contributed by atoms with E-state index in [1.165, 1.54) is 10.8 Å². The number of nitrogens with zero attached hydrogens (tertiary/aromatic N) is 1. The number of nitrogens with one attached hydrogen (secondary N) is 1. The number of unbranched alkanes of at least 4 members (excludes halogenated alkanes) is 2. The molecule has 3 unspecified atom stereocenters. The van der Waals surface area contributed by atoms with Crippen molar-refractivity contribution in [2.75, 3.05) is 19.8 Å². The van der Waals surface area contributed by atoms with E-state index in [-0.39, 0.29) is 40.1 Å². The average molecular weight is 503 g/mol. The second-order valence-electron chi connectivity index (χ2n) is 6.94. The number of rotatable bonds is 10. The van der Waals surface area contributed by atoms with E-state index in [1.807, 2.05) is 6.92 Å². The van der Waals surface area contributed by atoms with E-state index in [4.69, 9.17) is 29.4 Å². The Bertz CT molecular complexity index is 719. The molecule has 0 amide bonds. The van der Waals surface area contributed by atoms with Crippen LogP contribution in [-0.4, -0.2) is 60.2 Å². The molecule has 1 aromatic heterocycles. The largest absolute Gasteiger partial charge is 0.567 e. The molecule has 6 N–H and O–H groups in total. The van der Waals surface area contributed by atoms with Crippen molar-refractivity contribution in [3.8, 4) is 0 Å². The summed E-state index contributed by atoms with van der Waals surface area (Å²) < 4.78 is 15.7. The lowest BCUT2D eigenvalue weighted by Crippen LogP contribution is -2.33. The minimum atomic E-state index is -3.95. The quantitative estimate of drug-likeness (QED) is 0.201. The van der Waals surface area contributed by atoms with Crippen molar-refractivity contribution in [1.82, 2.24) is 9.55 Å². The maximum Gasteiger partial charge on any atom is 0.567 e. The van der Waals surface area contributed by atoms with Gasteiger partial charge in [-0.1, -0.05) is 26.7 Å². The van der Waals surface area contributed by atoms with Gasteiger partial charge in [-0.05, 0) is 32.6 Å². The van der Waals surface area contributed by atoms with Gasteiger partial charge in [0.1, 0.15) is 12.8 Å². The standard InChI is InChI=1S/C10H14N2O4.C4H12O4P.C4H11O2P/c1-6-4-12(10(15)11-9(6)14)8-3-2-7(5-13)16-8;1-2-3-4-8-9(5,6)7;1-2-3-4-6-7-5/h4,7-8,13H,2-3,5H2,1H3,(H,11,14,15);5-7H,2-4H2,1H3;5,7H,2-4H2,1H3/q;+1;. The zero-order valence-corrected chi connectivity index (χ0v) is 20.7. The fourth-order valence-electron chi connectivity index (χ4n) is 2.42. The van der Waals surface area contributed by atoms with Gasteiger partial charge >= 0.3 is 13.9 Å². The third-order valence-corrected chi connectivity index (χ3v) is 5.03. The molecule has 188 valence electrons. The third-order valence-electron chi connectivity index (χ3n) is 4.17. The topological polar surface area (TPSA) is 184 Å². The monoisotopic (exact) mass is 503 g/mol. The predicted octanol–water partition coefficient (Wildman–Crippen LogP) is 1.28. The van der Waals surface area contributed by atoms with Crippen LogP contribution in [0.3, 0.4) is 0 Å². The van der Waals surface area contributed by atoms with Crippen LogP contribution in [0, 0.1) is 6.92 Å². The van der Waals surface area contributed by atoms with Gasteiger partial charge in [-0.2, -0.15) is 19.2 Å². The molecule has 0 saturated carbocycles. The van der Waals surface area contributed by atoms with Gasteiger partial charge in [-0.15, -0.1) is 0 Å². The van der Waals surface area contributed by atoms with Gasteiger partial charge in [0.25, 0.3) is 5.56 Å². The second-order valence-corrected chi connectivity index (χ2v) is 8.70. The summed E-state index contributed by atoms with van der Waals surface area (Å²) in [5.41, 5.74) is -0.382. The molecule has 0 spiro atoms. The van der Waals surface area contributed by atoms with Gasteiger partial charge in [0.2, 0.25) is 0 Å². The summed E-state index contributed by atoms with van der Waals surface area (Å²) in [6, 6.07) is 0. The van der Waals surface area contributed by atoms with E-state index in [9.17, 15) is 9.59 Å². The molecular weight excluding hydrogens is 466 g/mol. The maximum atomic E-state index is 11.5. The van der Waals surface area contributed by atoms with Crippen LogP contribution in [0.25, 0.3) is 0 Å². The highest BCUT2D eigenvalue weighted by Crippen LogP contribution is 2.45. The third kappa shape index (κ3) is 14.4. The summed E-state index contributed by atoms with van der Waals surface area (Å²) in [6.45, 7) is 6.51. The minimum Gasteiger partial charge on any atom is -0.394 e. The number of aliphatic hydroxyl groups is 1. The summed E-state index contributed by atoms with van der Waals surface area (Å²) >= 11 is 0. The number of hydrogen-bond donors (Lipinski definition) is 6. The molecule has 32 heavy (non-hydrogen) atoms. The number of aliphatic hydroxyl groups excluding tert-OH is 1. The normalized spacial score (nSPS) is 18.2. The van der Waals surface area contributed by atoms with Gasteiger partial charge < -0.3 is 19.3 Å². The van der Waals surface area contributed by atoms with Gasteiger partial charge in [0.05, 0.1) is 19.3 Å². The van der Waals surface area contributed by atoms with Gasteiger partial charge in [-0.3, -0.25) is 14.3 Å². The number of H-pyrrole nitrogens is 1. The smallest absolute Gasteiger partial charge is 0.394 e. The molecule has 0 aliphatic carbocycles. The highest BCUT2D eigenvalue weighted by atomic mass is 31.2. The van der Waals surface area contributed by atoms with Crippen molar-refractivity contribution in [1.29, 1.82) is 0 Å². The Morgan fingerprint density at radius 2 is 1.81 bits per heavy atom. The van der Waals surface area contributed by atoms with E-state index >= 15 is 0 Å². The summed E-state index contributed by atoms with van der Waals surface area (Å²) in [6.07, 6.45) is 6.07. The minimum absolute atomic E-state index is 0.0480. The van der Waals surface area contributed by atoms with E-state index in [0.29, 0.717) is 25.0 Å². The Kier molecular flexibility index (Phi) is 17.2. The maximum absolute atomic E-state index is 11.5. The van der Waals surface area contributed by atoms with Crippen molar-refractivity contribution in [3.63, 3.8) is 0 Å². The highest BCUT2D eigenvalue weighted by molar-refractivity contribution is 7.53. The number of aromatic amines is 1. The van der Waals surface area contributed by atoms with Crippen molar-refractivity contribution in [2.45, 2.75) is 71.6 Å². The van der Waals surface area contributed by atoms with Crippen molar-refractivity contribution in [3.05, 3.63) is 32.6 Å². The first-order valence-electron chi connectivity index (χ1n) is 10.4. The zero-order chi connectivity index (χ0) is 24.6. The number of ether oxygens (including phenoxy) is 1. The van der Waals surface area contributed by atoms with E-state index < -0.39 is 13.9 Å². The van der Waals surface area contributed by atoms with Crippen LogP contribution in [-0.2, 0) is 13.8 Å². The van der Waals surface area contributed by atoms with Crippen LogP contribution in [0.5, 0.6) is 0 Å². The van der Waals surface area contributed by atoms with E-state index in [2.05, 4.69) is 21.0 Å². The molecule has 0 radical (unpaired) electrons. The Morgan fingerprint density at radius 1 is 1.19 bits per heavy atom. The number of hydrogen-bond acceptors (Lipinski definition) is 10. The summed E-state index contributed by atoms with van der Waals surface area (Å²) in [5.74, 6) is 0. The predicted molar refractivity (Wildman–Crippen MR) is 122 cm³/mol. The van der Waals surface area contributed by atoms with Crippen LogP contribution >= 0.6 is 17.2 Å². The first-order chi connectivity index (χ1) is 15.1. The summed E-state index contributed by atoms with van der Waals surface area (Å²) in [5, 5.41) is 8.93. The molecule has 1 aliphatic rings. The van der Waals surface area contributed by atoms with E-state index in [0.717, 1.165) is 25.7 Å². The van der Waals surface area contributed by atoms with Crippen molar-refractivity contribution >= 4 is 17.2 Å². The molecule has 2 rings (SSSR count). The van der Waals surface area contributed by atoms with Gasteiger partial charge in [-0.25, -0.2) is 4.79 Å². The van der Waals surface area contributed by atoms with Crippen LogP contribution < -0.4 is 11.2 Å². The van der Waals surface area contributed by atoms with Crippen LogP contribution in [0.4, 0.5) is 0 Å². The fraction of sp³-hybridized carbons (Fsp3) is 0.778. The zero-order valence-electron chi connectivity index (χ0n) is 18.8. The van der Waals surface area contributed by atoms with Gasteiger partial charge in [0, 0.05) is 11.8 Å². The molecule has 2 heterocycles. The van der Waals surface area contributed by atoms with Crippen LogP contribution in [0.15, 0.2) is 15.8 Å². The van der Waals surface area contributed by atoms with Crippen LogP contribution in [0.1, 0.15) is 64.2 Å². The molecule has 3 atom stereocenters. The molecule has 1 fully saturated rings. The lowest BCUT2D eigenvalue weighted by atomic mass is 10.2. The lowest BCUT2D eigenvalue weighted by molar-refractivity contribution is -0.0247. The highest BCUT2D eigenvalue weighted by Gasteiger charge is 2.32. The van der Waals surface area contributed by atoms with E-state index in [1.54, 1.807) is 6.92 Å². The molecule has 0 aromatic carbocycles. The molecule has 0 bridgehead atoms. The molecule has 1 aromatic rings. The van der Waals surface area contributed by atoms with Crippen molar-refractivity contribution in [2.24, 2.45) is 0 Å². The van der Waals surface area contributed by atoms with Gasteiger partial charge in [0.15, 0.2) is 9.03 Å². The number of aryl methyl sites for hydroxylation is 1. The Balaban J connectivity index is 0.000000512. The Morgan fingerprint density at radius 3 is 2.31 bits per heavy atom. The summed E-state index contributed by atoms with van der Waals surface area (Å²) in [4.78, 5) is 57.8. The lowest BCUT2D eigenvalue weighted by Gasteiger charge is -2.14. The molecule has 1 saturated heterocycles. The Hall–Kier alpha value is -0.780. The Labute approximate surface area is 189 Å². The SMILES string of the molecule is CCCCOPO.CCCCO[P+](O)(O)O.Cc1cn(C2CCC(CO)O2)c(=O)[nH]c1=O. The molecule has 14 heteroatoms. The second kappa shape index (κ2) is 17.7. The van der Waals surface area contributed by atoms with Crippen molar-refractivity contribution < 1.29 is 38.5 Å². The first-order valence-corrected chi connectivity index (χ1v) is 12.8. The average Bonchev–Trinajstić information content (AvgIpc) is 3.20. The first kappa shape index (κ1) is 31.2.